The Bertz CT molecular complexity index is 1370. The SMILES string of the molecule is Cc1c(-n2c(C)cc(OCc3ncc(F)cc3F)c(Cl)c2=O)ccnc1N/C=C\C(=N)C(C)(C)O. The van der Waals surface area contributed by atoms with Crippen LogP contribution in [0.15, 0.2) is 47.7 Å². The summed E-state index contributed by atoms with van der Waals surface area (Å²) in [7, 11) is 0. The summed E-state index contributed by atoms with van der Waals surface area (Å²) in [5, 5.41) is 20.4. The first-order valence-electron chi connectivity index (χ1n) is 10.5. The Hall–Kier alpha value is -3.63. The third-order valence-electron chi connectivity index (χ3n) is 5.09. The molecule has 3 aromatic heterocycles. The maximum Gasteiger partial charge on any atom is 0.277 e. The summed E-state index contributed by atoms with van der Waals surface area (Å²) < 4.78 is 33.8. The third kappa shape index (κ3) is 5.90. The number of anilines is 1. The van der Waals surface area contributed by atoms with Gasteiger partial charge in [0.2, 0.25) is 0 Å². The van der Waals surface area contributed by atoms with Crippen molar-refractivity contribution in [2.45, 2.75) is 39.9 Å². The van der Waals surface area contributed by atoms with Crippen LogP contribution in [0.3, 0.4) is 0 Å². The van der Waals surface area contributed by atoms with Crippen molar-refractivity contribution in [1.82, 2.24) is 14.5 Å². The molecule has 0 aliphatic heterocycles. The fourth-order valence-corrected chi connectivity index (χ4v) is 3.30. The van der Waals surface area contributed by atoms with Gasteiger partial charge in [-0.2, -0.15) is 0 Å². The average molecular weight is 504 g/mol. The predicted octanol–water partition coefficient (Wildman–Crippen LogP) is 4.47. The predicted molar refractivity (Wildman–Crippen MR) is 130 cm³/mol. The summed E-state index contributed by atoms with van der Waals surface area (Å²) in [5.74, 6) is -1.21. The van der Waals surface area contributed by atoms with Crippen LogP contribution < -0.4 is 15.6 Å². The van der Waals surface area contributed by atoms with Gasteiger partial charge in [-0.3, -0.25) is 14.3 Å². The molecule has 0 unspecified atom stereocenters. The second-order valence-electron chi connectivity index (χ2n) is 8.23. The second-order valence-corrected chi connectivity index (χ2v) is 8.61. The lowest BCUT2D eigenvalue weighted by Gasteiger charge is -2.17. The molecule has 0 amide bonds. The Morgan fingerprint density at radius 2 is 2.03 bits per heavy atom. The van der Waals surface area contributed by atoms with E-state index in [1.54, 1.807) is 19.9 Å². The number of pyridine rings is 3. The van der Waals surface area contributed by atoms with E-state index in [2.05, 4.69) is 15.3 Å². The monoisotopic (exact) mass is 503 g/mol. The van der Waals surface area contributed by atoms with Crippen LogP contribution in [0, 0.1) is 30.9 Å². The van der Waals surface area contributed by atoms with Crippen LogP contribution in [0.4, 0.5) is 14.6 Å². The summed E-state index contributed by atoms with van der Waals surface area (Å²) >= 11 is 6.28. The minimum atomic E-state index is -1.29. The zero-order valence-corrected chi connectivity index (χ0v) is 20.2. The molecule has 184 valence electrons. The molecular formula is C24H24ClF2N5O3. The van der Waals surface area contributed by atoms with Gasteiger partial charge in [0.05, 0.1) is 17.6 Å². The zero-order chi connectivity index (χ0) is 25.9. The van der Waals surface area contributed by atoms with Gasteiger partial charge in [0.15, 0.2) is 5.82 Å². The fourth-order valence-electron chi connectivity index (χ4n) is 3.10. The van der Waals surface area contributed by atoms with Crippen LogP contribution in [0.1, 0.15) is 30.8 Å². The number of hydrogen-bond donors (Lipinski definition) is 3. The van der Waals surface area contributed by atoms with Crippen molar-refractivity contribution in [3.63, 3.8) is 0 Å². The molecule has 0 saturated carbocycles. The number of rotatable bonds is 8. The molecule has 35 heavy (non-hydrogen) atoms. The summed E-state index contributed by atoms with van der Waals surface area (Å²) in [4.78, 5) is 21.0. The number of aryl methyl sites for hydroxylation is 1. The van der Waals surface area contributed by atoms with E-state index in [4.69, 9.17) is 21.7 Å². The molecule has 0 fully saturated rings. The third-order valence-corrected chi connectivity index (χ3v) is 5.44. The summed E-state index contributed by atoms with van der Waals surface area (Å²) in [6.07, 6.45) is 5.26. The van der Waals surface area contributed by atoms with Crippen molar-refractivity contribution < 1.29 is 18.6 Å². The number of nitrogens with one attached hydrogen (secondary N) is 2. The highest BCUT2D eigenvalue weighted by Gasteiger charge is 2.18. The molecule has 0 aliphatic carbocycles. The van der Waals surface area contributed by atoms with Gasteiger partial charge in [-0.1, -0.05) is 11.6 Å². The van der Waals surface area contributed by atoms with Gasteiger partial charge in [-0.25, -0.2) is 13.8 Å². The molecule has 0 aliphatic rings. The van der Waals surface area contributed by atoms with Crippen molar-refractivity contribution >= 4 is 23.1 Å². The Kier molecular flexibility index (Phi) is 7.67. The topological polar surface area (TPSA) is 113 Å². The van der Waals surface area contributed by atoms with Crippen molar-refractivity contribution in [2.24, 2.45) is 0 Å². The molecule has 0 bridgehead atoms. The minimum Gasteiger partial charge on any atom is -0.485 e. The van der Waals surface area contributed by atoms with E-state index in [1.165, 1.54) is 43.0 Å². The van der Waals surface area contributed by atoms with E-state index in [0.717, 1.165) is 6.20 Å². The van der Waals surface area contributed by atoms with Gasteiger partial charge >= 0.3 is 0 Å². The highest BCUT2D eigenvalue weighted by molar-refractivity contribution is 6.31. The number of hydrogen-bond acceptors (Lipinski definition) is 7. The molecule has 8 nitrogen and oxygen atoms in total. The van der Waals surface area contributed by atoms with E-state index in [9.17, 15) is 18.7 Å². The van der Waals surface area contributed by atoms with Crippen LogP contribution >= 0.6 is 11.6 Å². The summed E-state index contributed by atoms with van der Waals surface area (Å²) in [5.41, 5.74) is -0.350. The number of halogens is 3. The van der Waals surface area contributed by atoms with Crippen LogP contribution in [-0.4, -0.2) is 31.0 Å². The summed E-state index contributed by atoms with van der Waals surface area (Å²) in [6.45, 7) is 6.10. The number of aromatic nitrogens is 3. The number of ether oxygens (including phenoxy) is 1. The zero-order valence-electron chi connectivity index (χ0n) is 19.5. The smallest absolute Gasteiger partial charge is 0.277 e. The van der Waals surface area contributed by atoms with E-state index < -0.39 is 22.8 Å². The molecule has 0 radical (unpaired) electrons. The lowest BCUT2D eigenvalue weighted by molar-refractivity contribution is 0.154. The minimum absolute atomic E-state index is 0.00367. The van der Waals surface area contributed by atoms with E-state index in [-0.39, 0.29) is 28.8 Å². The highest BCUT2D eigenvalue weighted by Crippen LogP contribution is 2.27. The van der Waals surface area contributed by atoms with Crippen molar-refractivity contribution in [3.8, 4) is 11.4 Å². The molecule has 0 saturated heterocycles. The maximum atomic E-state index is 13.8. The van der Waals surface area contributed by atoms with Crippen molar-refractivity contribution in [1.29, 1.82) is 5.41 Å². The second kappa shape index (κ2) is 10.3. The highest BCUT2D eigenvalue weighted by atomic mass is 35.5. The molecule has 0 atom stereocenters. The lowest BCUT2D eigenvalue weighted by atomic mass is 10.0. The normalized spacial score (nSPS) is 11.7. The standard InChI is InChI=1S/C24H24ClF2N5O3/c1-13-9-19(35-12-17-16(27)10-15(26)11-31-17)21(25)23(33)32(13)18-5-7-29-22(14(18)2)30-8-6-20(28)24(3,4)34/h5-11,28,34H,12H2,1-4H3,(H,29,30)/b8-6-,28-20?. The molecule has 11 heteroatoms. The van der Waals surface area contributed by atoms with Gasteiger partial charge in [0.25, 0.3) is 5.56 Å². The van der Waals surface area contributed by atoms with Gasteiger partial charge in [-0.15, -0.1) is 0 Å². The van der Waals surface area contributed by atoms with Crippen molar-refractivity contribution in [3.05, 3.63) is 86.8 Å². The maximum absolute atomic E-state index is 13.8. The molecule has 3 rings (SSSR count). The number of nitrogens with zero attached hydrogens (tertiary/aromatic N) is 3. The molecule has 0 aromatic carbocycles. The van der Waals surface area contributed by atoms with Crippen LogP contribution in [-0.2, 0) is 6.61 Å². The largest absolute Gasteiger partial charge is 0.485 e. The van der Waals surface area contributed by atoms with E-state index in [0.29, 0.717) is 28.8 Å². The molecule has 3 N–H and O–H groups in total. The first kappa shape index (κ1) is 26.0. The average Bonchev–Trinajstić information content (AvgIpc) is 2.77. The fraction of sp³-hybridized carbons (Fsp3) is 0.250. The van der Waals surface area contributed by atoms with Crippen LogP contribution in [0.2, 0.25) is 5.02 Å². The van der Waals surface area contributed by atoms with Gasteiger partial charge < -0.3 is 20.6 Å². The van der Waals surface area contributed by atoms with Gasteiger partial charge in [-0.05, 0) is 39.8 Å². The molecular weight excluding hydrogens is 480 g/mol. The Labute approximate surface area is 205 Å². The van der Waals surface area contributed by atoms with Crippen molar-refractivity contribution in [2.75, 3.05) is 5.32 Å². The van der Waals surface area contributed by atoms with Gasteiger partial charge in [0, 0.05) is 35.8 Å². The first-order valence-corrected chi connectivity index (χ1v) is 10.8. The quantitative estimate of drug-likeness (QED) is 0.391. The van der Waals surface area contributed by atoms with Crippen LogP contribution in [0.5, 0.6) is 5.75 Å². The van der Waals surface area contributed by atoms with Gasteiger partial charge in [0.1, 0.15) is 40.3 Å². The van der Waals surface area contributed by atoms with E-state index >= 15 is 0 Å². The lowest BCUT2D eigenvalue weighted by Crippen LogP contribution is -2.28. The van der Waals surface area contributed by atoms with E-state index in [1.807, 2.05) is 0 Å². The first-order chi connectivity index (χ1) is 16.4. The number of aliphatic hydroxyl groups is 1. The molecule has 3 aromatic rings. The Morgan fingerprint density at radius 1 is 1.31 bits per heavy atom. The molecule has 3 heterocycles. The Morgan fingerprint density at radius 3 is 2.69 bits per heavy atom. The summed E-state index contributed by atoms with van der Waals surface area (Å²) in [6, 6.07) is 3.87. The molecule has 0 spiro atoms. The van der Waals surface area contributed by atoms with Crippen LogP contribution in [0.25, 0.3) is 5.69 Å². The Balaban J connectivity index is 1.89.